The monoisotopic (exact) mass is 263 g/mol. The maximum absolute atomic E-state index is 13.5. The van der Waals surface area contributed by atoms with Crippen molar-refractivity contribution >= 4 is 0 Å². The first-order valence-electron chi connectivity index (χ1n) is 6.50. The van der Waals surface area contributed by atoms with Crippen molar-refractivity contribution in [3.8, 4) is 11.5 Å². The molecule has 102 valence electrons. The van der Waals surface area contributed by atoms with Crippen LogP contribution in [-0.4, -0.2) is 23.3 Å². The summed E-state index contributed by atoms with van der Waals surface area (Å²) in [4.78, 5) is 0. The molecule has 1 heterocycles. The molecule has 0 radical (unpaired) electrons. The van der Waals surface area contributed by atoms with Crippen LogP contribution in [0.2, 0.25) is 0 Å². The predicted octanol–water partition coefficient (Wildman–Crippen LogP) is 2.73. The molecular weight excluding hydrogens is 245 g/mol. The zero-order valence-electron chi connectivity index (χ0n) is 11.2. The Morgan fingerprint density at radius 2 is 2.16 bits per heavy atom. The molecule has 4 nitrogen and oxygen atoms in total. The average molecular weight is 263 g/mol. The maximum atomic E-state index is 13.5. The van der Waals surface area contributed by atoms with E-state index >= 15 is 0 Å². The van der Waals surface area contributed by atoms with Gasteiger partial charge in [-0.2, -0.15) is 0 Å². The summed E-state index contributed by atoms with van der Waals surface area (Å²) < 4.78 is 19.0. The van der Waals surface area contributed by atoms with E-state index in [1.165, 1.54) is 6.07 Å². The number of nitrogens with zero attached hydrogens (tertiary/aromatic N) is 2. The Morgan fingerprint density at radius 1 is 1.32 bits per heavy atom. The van der Waals surface area contributed by atoms with Gasteiger partial charge in [-0.05, 0) is 44.1 Å². The second-order valence-electron chi connectivity index (χ2n) is 4.42. The van der Waals surface area contributed by atoms with Crippen molar-refractivity contribution in [2.75, 3.05) is 13.1 Å². The summed E-state index contributed by atoms with van der Waals surface area (Å²) in [6.07, 6.45) is 1.67. The minimum Gasteiger partial charge on any atom is -0.421 e. The van der Waals surface area contributed by atoms with Gasteiger partial charge in [0.15, 0.2) is 0 Å². The van der Waals surface area contributed by atoms with Crippen LogP contribution in [0.5, 0.6) is 0 Å². The third-order valence-electron chi connectivity index (χ3n) is 2.88. The van der Waals surface area contributed by atoms with Crippen LogP contribution in [-0.2, 0) is 6.42 Å². The Bertz CT molecular complexity index is 539. The lowest BCUT2D eigenvalue weighted by Gasteiger charge is -1.99. The SMILES string of the molecule is CCNCCCc1nnc(-c2ccc(C)c(F)c2)o1. The number of aromatic nitrogens is 2. The lowest BCUT2D eigenvalue weighted by atomic mass is 10.1. The van der Waals surface area contributed by atoms with Crippen molar-refractivity contribution in [1.29, 1.82) is 0 Å². The van der Waals surface area contributed by atoms with Gasteiger partial charge in [0.2, 0.25) is 11.8 Å². The minimum atomic E-state index is -0.260. The van der Waals surface area contributed by atoms with Gasteiger partial charge in [-0.1, -0.05) is 13.0 Å². The lowest BCUT2D eigenvalue weighted by Crippen LogP contribution is -2.14. The molecule has 0 saturated heterocycles. The van der Waals surface area contributed by atoms with E-state index in [2.05, 4.69) is 22.4 Å². The van der Waals surface area contributed by atoms with Gasteiger partial charge >= 0.3 is 0 Å². The first-order valence-corrected chi connectivity index (χ1v) is 6.50. The van der Waals surface area contributed by atoms with Gasteiger partial charge in [0, 0.05) is 12.0 Å². The van der Waals surface area contributed by atoms with Crippen LogP contribution in [0.3, 0.4) is 0 Å². The van der Waals surface area contributed by atoms with Gasteiger partial charge in [0.05, 0.1) is 0 Å². The smallest absolute Gasteiger partial charge is 0.247 e. The van der Waals surface area contributed by atoms with E-state index in [1.54, 1.807) is 19.1 Å². The fourth-order valence-corrected chi connectivity index (χ4v) is 1.74. The molecule has 0 atom stereocenters. The maximum Gasteiger partial charge on any atom is 0.247 e. The molecule has 0 amide bonds. The third-order valence-corrected chi connectivity index (χ3v) is 2.88. The third kappa shape index (κ3) is 3.61. The summed E-state index contributed by atoms with van der Waals surface area (Å²) in [6, 6.07) is 4.92. The molecule has 0 unspecified atom stereocenters. The second kappa shape index (κ2) is 6.43. The number of hydrogen-bond acceptors (Lipinski definition) is 4. The molecule has 5 heteroatoms. The van der Waals surface area contributed by atoms with Crippen LogP contribution in [0.15, 0.2) is 22.6 Å². The molecule has 19 heavy (non-hydrogen) atoms. The Morgan fingerprint density at radius 3 is 2.89 bits per heavy atom. The molecule has 2 aromatic rings. The number of rotatable bonds is 6. The standard InChI is InChI=1S/C14H18FN3O/c1-3-16-8-4-5-13-17-18-14(19-13)11-7-6-10(2)12(15)9-11/h6-7,9,16H,3-5,8H2,1-2H3. The molecule has 2 rings (SSSR count). The fourth-order valence-electron chi connectivity index (χ4n) is 1.74. The Kier molecular flexibility index (Phi) is 4.63. The van der Waals surface area contributed by atoms with Gasteiger partial charge in [-0.3, -0.25) is 0 Å². The predicted molar refractivity (Wildman–Crippen MR) is 71.3 cm³/mol. The van der Waals surface area contributed by atoms with Crippen LogP contribution in [0.1, 0.15) is 24.8 Å². The first-order chi connectivity index (χ1) is 9.20. The molecule has 0 aliphatic rings. The molecule has 0 fully saturated rings. The van der Waals surface area contributed by atoms with Crippen molar-refractivity contribution in [3.05, 3.63) is 35.5 Å². The highest BCUT2D eigenvalue weighted by Crippen LogP contribution is 2.20. The van der Waals surface area contributed by atoms with E-state index in [1.807, 2.05) is 0 Å². The molecule has 1 N–H and O–H groups in total. The van der Waals surface area contributed by atoms with Crippen LogP contribution in [0.4, 0.5) is 4.39 Å². The number of hydrogen-bond donors (Lipinski definition) is 1. The Balaban J connectivity index is 2.01. The summed E-state index contributed by atoms with van der Waals surface area (Å²) >= 11 is 0. The van der Waals surface area contributed by atoms with Gasteiger partial charge < -0.3 is 9.73 Å². The average Bonchev–Trinajstić information content (AvgIpc) is 2.87. The van der Waals surface area contributed by atoms with Crippen molar-refractivity contribution in [2.24, 2.45) is 0 Å². The topological polar surface area (TPSA) is 51.0 Å². The number of aryl methyl sites for hydroxylation is 2. The Hall–Kier alpha value is -1.75. The van der Waals surface area contributed by atoms with Gasteiger partial charge in [0.25, 0.3) is 0 Å². The molecule has 0 saturated carbocycles. The largest absolute Gasteiger partial charge is 0.421 e. The lowest BCUT2D eigenvalue weighted by molar-refractivity contribution is 0.492. The zero-order valence-corrected chi connectivity index (χ0v) is 11.2. The molecular formula is C14H18FN3O. The van der Waals surface area contributed by atoms with Crippen molar-refractivity contribution in [3.63, 3.8) is 0 Å². The molecule has 0 spiro atoms. The highest BCUT2D eigenvalue weighted by molar-refractivity contribution is 5.53. The number of halogens is 1. The highest BCUT2D eigenvalue weighted by atomic mass is 19.1. The van der Waals surface area contributed by atoms with E-state index in [4.69, 9.17) is 4.42 Å². The van der Waals surface area contributed by atoms with E-state index in [-0.39, 0.29) is 5.82 Å². The molecule has 0 bridgehead atoms. The number of benzene rings is 1. The quantitative estimate of drug-likeness (QED) is 0.814. The van der Waals surface area contributed by atoms with Gasteiger partial charge in [0.1, 0.15) is 5.82 Å². The van der Waals surface area contributed by atoms with E-state index in [0.29, 0.717) is 22.9 Å². The minimum absolute atomic E-state index is 0.260. The van der Waals surface area contributed by atoms with E-state index in [9.17, 15) is 4.39 Å². The van der Waals surface area contributed by atoms with Gasteiger partial charge in [-0.25, -0.2) is 4.39 Å². The summed E-state index contributed by atoms with van der Waals surface area (Å²) in [7, 11) is 0. The van der Waals surface area contributed by atoms with Crippen LogP contribution in [0.25, 0.3) is 11.5 Å². The van der Waals surface area contributed by atoms with Gasteiger partial charge in [-0.15, -0.1) is 10.2 Å². The first kappa shape index (κ1) is 13.7. The summed E-state index contributed by atoms with van der Waals surface area (Å²) in [5.74, 6) is 0.704. The summed E-state index contributed by atoms with van der Waals surface area (Å²) in [5, 5.41) is 11.2. The number of nitrogens with one attached hydrogen (secondary N) is 1. The summed E-state index contributed by atoms with van der Waals surface area (Å²) in [6.45, 7) is 5.67. The molecule has 0 aliphatic carbocycles. The summed E-state index contributed by atoms with van der Waals surface area (Å²) in [5.41, 5.74) is 1.22. The highest BCUT2D eigenvalue weighted by Gasteiger charge is 2.09. The Labute approximate surface area is 112 Å². The van der Waals surface area contributed by atoms with E-state index < -0.39 is 0 Å². The second-order valence-corrected chi connectivity index (χ2v) is 4.42. The van der Waals surface area contributed by atoms with Crippen molar-refractivity contribution in [1.82, 2.24) is 15.5 Å². The molecule has 1 aromatic heterocycles. The van der Waals surface area contributed by atoms with Crippen LogP contribution >= 0.6 is 0 Å². The van der Waals surface area contributed by atoms with Crippen LogP contribution < -0.4 is 5.32 Å². The van der Waals surface area contributed by atoms with Crippen LogP contribution in [0, 0.1) is 12.7 Å². The van der Waals surface area contributed by atoms with E-state index in [0.717, 1.165) is 25.9 Å². The van der Waals surface area contributed by atoms with Crippen molar-refractivity contribution in [2.45, 2.75) is 26.7 Å². The fraction of sp³-hybridized carbons (Fsp3) is 0.429. The van der Waals surface area contributed by atoms with Crippen molar-refractivity contribution < 1.29 is 8.81 Å². The normalized spacial score (nSPS) is 10.9. The molecule has 1 aromatic carbocycles. The zero-order chi connectivity index (χ0) is 13.7. The molecule has 0 aliphatic heterocycles.